The van der Waals surface area contributed by atoms with Crippen molar-refractivity contribution < 1.29 is 8.42 Å². The van der Waals surface area contributed by atoms with Crippen molar-refractivity contribution in [3.8, 4) is 0 Å². The van der Waals surface area contributed by atoms with Crippen molar-refractivity contribution in [3.05, 3.63) is 12.4 Å². The highest BCUT2D eigenvalue weighted by Gasteiger charge is 2.28. The fourth-order valence-electron chi connectivity index (χ4n) is 2.64. The summed E-state index contributed by atoms with van der Waals surface area (Å²) in [4.78, 5) is 8.43. The Kier molecular flexibility index (Phi) is 4.49. The largest absolute Gasteiger partial charge is 0.370 e. The number of nitrogens with zero attached hydrogens (tertiary/aromatic N) is 3. The molecule has 0 aromatic carbocycles. The summed E-state index contributed by atoms with van der Waals surface area (Å²) in [6, 6.07) is 1.91. The van der Waals surface area contributed by atoms with Crippen LogP contribution in [0, 0.1) is 11.8 Å². The molecule has 0 bridgehead atoms. The van der Waals surface area contributed by atoms with Crippen LogP contribution in [0.25, 0.3) is 0 Å². The molecule has 8 heteroatoms. The van der Waals surface area contributed by atoms with Crippen molar-refractivity contribution in [2.45, 2.75) is 19.3 Å². The molecule has 3 rings (SSSR count). The summed E-state index contributed by atoms with van der Waals surface area (Å²) in [5.41, 5.74) is 0. The quantitative estimate of drug-likeness (QED) is 0.777. The fraction of sp³-hybridized carbons (Fsp3) is 0.714. The molecular formula is C14H23N5O2S. The van der Waals surface area contributed by atoms with Crippen LogP contribution in [0.3, 0.4) is 0 Å². The van der Waals surface area contributed by atoms with E-state index in [0.717, 1.165) is 37.1 Å². The van der Waals surface area contributed by atoms with Crippen molar-refractivity contribution >= 4 is 21.7 Å². The molecule has 1 saturated carbocycles. The normalized spacial score (nSPS) is 22.7. The molecule has 1 aliphatic carbocycles. The van der Waals surface area contributed by atoms with E-state index in [2.05, 4.69) is 20.6 Å². The Morgan fingerprint density at radius 2 is 1.77 bits per heavy atom. The first-order valence-corrected chi connectivity index (χ1v) is 9.60. The monoisotopic (exact) mass is 325 g/mol. The summed E-state index contributed by atoms with van der Waals surface area (Å²) in [5, 5.41) is 6.61. The first kappa shape index (κ1) is 15.5. The van der Waals surface area contributed by atoms with Crippen LogP contribution in [0.4, 0.5) is 11.6 Å². The molecule has 1 aromatic rings. The van der Waals surface area contributed by atoms with Gasteiger partial charge in [0.1, 0.15) is 18.0 Å². The van der Waals surface area contributed by atoms with E-state index in [4.69, 9.17) is 0 Å². The van der Waals surface area contributed by atoms with E-state index < -0.39 is 10.0 Å². The van der Waals surface area contributed by atoms with E-state index in [9.17, 15) is 8.42 Å². The molecule has 1 atom stereocenters. The second-order valence-electron chi connectivity index (χ2n) is 6.27. The molecule has 0 amide bonds. The first-order valence-electron chi connectivity index (χ1n) is 7.75. The predicted octanol–water partition coefficient (Wildman–Crippen LogP) is 0.992. The third-order valence-electron chi connectivity index (χ3n) is 4.23. The number of anilines is 2. The SMILES string of the molecule is CS(=O)(=O)N1CCC(CNc2cc(NCC3CC3)ncn2)C1. The second kappa shape index (κ2) is 6.37. The molecule has 7 nitrogen and oxygen atoms in total. The van der Waals surface area contributed by atoms with Crippen molar-refractivity contribution in [3.63, 3.8) is 0 Å². The Bertz CT molecular complexity index is 617. The highest BCUT2D eigenvalue weighted by molar-refractivity contribution is 7.88. The lowest BCUT2D eigenvalue weighted by Gasteiger charge is -2.14. The Balaban J connectivity index is 1.48. The van der Waals surface area contributed by atoms with E-state index >= 15 is 0 Å². The molecule has 122 valence electrons. The molecule has 1 aromatic heterocycles. The molecular weight excluding hydrogens is 302 g/mol. The van der Waals surface area contributed by atoms with Gasteiger partial charge in [0.25, 0.3) is 0 Å². The number of hydrogen-bond donors (Lipinski definition) is 2. The maximum absolute atomic E-state index is 11.5. The van der Waals surface area contributed by atoms with Gasteiger partial charge in [0.05, 0.1) is 6.26 Å². The molecule has 1 saturated heterocycles. The van der Waals surface area contributed by atoms with E-state index in [-0.39, 0.29) is 0 Å². The highest BCUT2D eigenvalue weighted by atomic mass is 32.2. The maximum atomic E-state index is 11.5. The minimum Gasteiger partial charge on any atom is -0.370 e. The van der Waals surface area contributed by atoms with Crippen LogP contribution in [-0.4, -0.2) is 55.1 Å². The van der Waals surface area contributed by atoms with Gasteiger partial charge in [-0.1, -0.05) is 0 Å². The predicted molar refractivity (Wildman–Crippen MR) is 86.3 cm³/mol. The van der Waals surface area contributed by atoms with Gasteiger partial charge >= 0.3 is 0 Å². The van der Waals surface area contributed by atoms with E-state index in [1.54, 1.807) is 10.6 Å². The standard InChI is InChI=1S/C14H23N5O2S/c1-22(20,21)19-5-4-12(9-19)8-16-14-6-13(17-10-18-14)15-7-11-2-3-11/h6,10-12H,2-5,7-9H2,1H3,(H2,15,16,17,18). The molecule has 1 aliphatic heterocycles. The molecule has 2 fully saturated rings. The van der Waals surface area contributed by atoms with Gasteiger partial charge in [-0.15, -0.1) is 0 Å². The molecule has 22 heavy (non-hydrogen) atoms. The van der Waals surface area contributed by atoms with Crippen LogP contribution < -0.4 is 10.6 Å². The molecule has 1 unspecified atom stereocenters. The number of sulfonamides is 1. The van der Waals surface area contributed by atoms with Crippen molar-refractivity contribution in [1.82, 2.24) is 14.3 Å². The van der Waals surface area contributed by atoms with Crippen molar-refractivity contribution in [1.29, 1.82) is 0 Å². The topological polar surface area (TPSA) is 87.2 Å². The van der Waals surface area contributed by atoms with Crippen LogP contribution in [0.15, 0.2) is 12.4 Å². The number of rotatable bonds is 7. The lowest BCUT2D eigenvalue weighted by Crippen LogP contribution is -2.28. The summed E-state index contributed by atoms with van der Waals surface area (Å²) in [7, 11) is -3.06. The summed E-state index contributed by atoms with van der Waals surface area (Å²) in [6.45, 7) is 2.90. The smallest absolute Gasteiger partial charge is 0.211 e. The Hall–Kier alpha value is -1.41. The van der Waals surface area contributed by atoms with Crippen LogP contribution in [0.1, 0.15) is 19.3 Å². The van der Waals surface area contributed by atoms with Crippen molar-refractivity contribution in [2.75, 3.05) is 43.1 Å². The van der Waals surface area contributed by atoms with Gasteiger partial charge in [0.2, 0.25) is 10.0 Å². The third-order valence-corrected chi connectivity index (χ3v) is 5.49. The highest BCUT2D eigenvalue weighted by Crippen LogP contribution is 2.28. The van der Waals surface area contributed by atoms with Crippen LogP contribution in [-0.2, 0) is 10.0 Å². The summed E-state index contributed by atoms with van der Waals surface area (Å²) in [5.74, 6) is 2.75. The molecule has 0 radical (unpaired) electrons. The number of nitrogens with one attached hydrogen (secondary N) is 2. The molecule has 2 heterocycles. The molecule has 0 spiro atoms. The second-order valence-corrected chi connectivity index (χ2v) is 8.25. The average Bonchev–Trinajstić information content (AvgIpc) is 3.18. The summed E-state index contributed by atoms with van der Waals surface area (Å²) >= 11 is 0. The Morgan fingerprint density at radius 1 is 1.14 bits per heavy atom. The van der Waals surface area contributed by atoms with Crippen LogP contribution in [0.5, 0.6) is 0 Å². The minimum atomic E-state index is -3.06. The molecule has 2 N–H and O–H groups in total. The summed E-state index contributed by atoms with van der Waals surface area (Å²) < 4.78 is 24.6. The Morgan fingerprint density at radius 3 is 2.32 bits per heavy atom. The van der Waals surface area contributed by atoms with Gasteiger partial charge in [-0.2, -0.15) is 0 Å². The lowest BCUT2D eigenvalue weighted by atomic mass is 10.1. The van der Waals surface area contributed by atoms with Gasteiger partial charge in [-0.3, -0.25) is 0 Å². The van der Waals surface area contributed by atoms with E-state index in [1.165, 1.54) is 19.1 Å². The average molecular weight is 325 g/mol. The Labute approximate surface area is 131 Å². The van der Waals surface area contributed by atoms with E-state index in [0.29, 0.717) is 19.0 Å². The van der Waals surface area contributed by atoms with Gasteiger partial charge in [-0.25, -0.2) is 22.7 Å². The van der Waals surface area contributed by atoms with Crippen molar-refractivity contribution in [2.24, 2.45) is 11.8 Å². The van der Waals surface area contributed by atoms with Crippen LogP contribution >= 0.6 is 0 Å². The minimum absolute atomic E-state index is 0.326. The lowest BCUT2D eigenvalue weighted by molar-refractivity contribution is 0.466. The van der Waals surface area contributed by atoms with Gasteiger partial charge in [-0.05, 0) is 31.1 Å². The van der Waals surface area contributed by atoms with Gasteiger partial charge in [0, 0.05) is 32.2 Å². The third kappa shape index (κ3) is 4.30. The zero-order chi connectivity index (χ0) is 15.6. The van der Waals surface area contributed by atoms with Crippen LogP contribution in [0.2, 0.25) is 0 Å². The van der Waals surface area contributed by atoms with E-state index in [1.807, 2.05) is 6.07 Å². The van der Waals surface area contributed by atoms with Gasteiger partial charge < -0.3 is 10.6 Å². The maximum Gasteiger partial charge on any atom is 0.211 e. The fourth-order valence-corrected chi connectivity index (χ4v) is 3.55. The number of aromatic nitrogens is 2. The zero-order valence-corrected chi connectivity index (χ0v) is 13.6. The molecule has 2 aliphatic rings. The van der Waals surface area contributed by atoms with Gasteiger partial charge in [0.15, 0.2) is 0 Å². The number of hydrogen-bond acceptors (Lipinski definition) is 6. The summed E-state index contributed by atoms with van der Waals surface area (Å²) in [6.07, 6.45) is 6.32. The zero-order valence-electron chi connectivity index (χ0n) is 12.8. The first-order chi connectivity index (χ1) is 10.5.